The number of halogens is 3. The van der Waals surface area contributed by atoms with Crippen molar-refractivity contribution in [1.82, 2.24) is 15.6 Å². The van der Waals surface area contributed by atoms with E-state index in [1.807, 2.05) is 13.8 Å². The highest BCUT2D eigenvalue weighted by molar-refractivity contribution is 7.11. The molecule has 4 nitrogen and oxygen atoms in total. The van der Waals surface area contributed by atoms with E-state index in [2.05, 4.69) is 15.6 Å². The van der Waals surface area contributed by atoms with Crippen LogP contribution in [0.4, 0.5) is 18.0 Å². The van der Waals surface area contributed by atoms with Crippen molar-refractivity contribution in [3.8, 4) is 0 Å². The van der Waals surface area contributed by atoms with Gasteiger partial charge in [0, 0.05) is 4.88 Å². The molecule has 2 aromatic rings. The first-order chi connectivity index (χ1) is 10.8. The fraction of sp³-hybridized carbons (Fsp3) is 0.333. The number of carbonyl (C=O) groups excluding carboxylic acids is 1. The van der Waals surface area contributed by atoms with Gasteiger partial charge in [-0.1, -0.05) is 0 Å². The molecule has 0 spiro atoms. The normalized spacial score (nSPS) is 12.1. The molecule has 0 aliphatic carbocycles. The summed E-state index contributed by atoms with van der Waals surface area (Å²) in [6, 6.07) is 0.529. The third-order valence-electron chi connectivity index (χ3n) is 3.33. The third-order valence-corrected chi connectivity index (χ3v) is 4.40. The van der Waals surface area contributed by atoms with Crippen molar-refractivity contribution in [2.45, 2.75) is 33.4 Å². The van der Waals surface area contributed by atoms with Crippen LogP contribution in [0.15, 0.2) is 12.1 Å². The van der Waals surface area contributed by atoms with Crippen LogP contribution in [0.5, 0.6) is 0 Å². The number of aryl methyl sites for hydroxylation is 2. The summed E-state index contributed by atoms with van der Waals surface area (Å²) < 4.78 is 39.3. The van der Waals surface area contributed by atoms with Crippen LogP contribution in [0.2, 0.25) is 0 Å². The van der Waals surface area contributed by atoms with E-state index in [-0.39, 0.29) is 12.1 Å². The first-order valence-corrected chi connectivity index (χ1v) is 7.71. The summed E-state index contributed by atoms with van der Waals surface area (Å²) in [6.45, 7) is 5.62. The molecule has 2 N–H and O–H groups in total. The van der Waals surface area contributed by atoms with Gasteiger partial charge in [-0.15, -0.1) is 11.3 Å². The average molecular weight is 343 g/mol. The molecule has 0 aliphatic heterocycles. The van der Waals surface area contributed by atoms with Gasteiger partial charge in [-0.2, -0.15) is 0 Å². The van der Waals surface area contributed by atoms with Crippen LogP contribution >= 0.6 is 11.3 Å². The molecule has 23 heavy (non-hydrogen) atoms. The van der Waals surface area contributed by atoms with Crippen molar-refractivity contribution in [2.24, 2.45) is 0 Å². The van der Waals surface area contributed by atoms with Gasteiger partial charge in [0.15, 0.2) is 17.5 Å². The standard InChI is InChI=1S/C15H16F3N3OS/c1-7-9(3)23-13(20-7)6-19-15(22)21-8(2)10-4-11(16)14(18)12(17)5-10/h4-5,8H,6H2,1-3H3,(H2,19,21,22)/t8-/m0/s1. The highest BCUT2D eigenvalue weighted by Crippen LogP contribution is 2.19. The highest BCUT2D eigenvalue weighted by Gasteiger charge is 2.16. The maximum absolute atomic E-state index is 13.2. The van der Waals surface area contributed by atoms with Crippen molar-refractivity contribution in [3.63, 3.8) is 0 Å². The van der Waals surface area contributed by atoms with Crippen LogP contribution in [0.1, 0.15) is 34.1 Å². The molecule has 124 valence electrons. The summed E-state index contributed by atoms with van der Waals surface area (Å²) in [5.74, 6) is -4.11. The maximum atomic E-state index is 13.2. The summed E-state index contributed by atoms with van der Waals surface area (Å²) in [5, 5.41) is 5.92. The number of nitrogens with one attached hydrogen (secondary N) is 2. The van der Waals surface area contributed by atoms with Crippen molar-refractivity contribution >= 4 is 17.4 Å². The van der Waals surface area contributed by atoms with E-state index in [4.69, 9.17) is 0 Å². The van der Waals surface area contributed by atoms with E-state index in [9.17, 15) is 18.0 Å². The summed E-state index contributed by atoms with van der Waals surface area (Å²) in [4.78, 5) is 17.2. The maximum Gasteiger partial charge on any atom is 0.315 e. The van der Waals surface area contributed by atoms with E-state index in [0.717, 1.165) is 27.7 Å². The minimum absolute atomic E-state index is 0.137. The fourth-order valence-electron chi connectivity index (χ4n) is 1.93. The van der Waals surface area contributed by atoms with Gasteiger partial charge in [0.25, 0.3) is 0 Å². The second-order valence-corrected chi connectivity index (χ2v) is 6.38. The minimum Gasteiger partial charge on any atom is -0.332 e. The van der Waals surface area contributed by atoms with Crippen molar-refractivity contribution in [1.29, 1.82) is 0 Å². The Bertz CT molecular complexity index is 690. The molecule has 8 heteroatoms. The summed E-state index contributed by atoms with van der Waals surface area (Å²) in [6.07, 6.45) is 0. The second-order valence-electron chi connectivity index (χ2n) is 5.10. The lowest BCUT2D eigenvalue weighted by molar-refractivity contribution is 0.237. The molecule has 2 amide bonds. The number of aromatic nitrogens is 1. The number of hydrogen-bond donors (Lipinski definition) is 2. The predicted molar refractivity (Wildman–Crippen MR) is 81.7 cm³/mol. The quantitative estimate of drug-likeness (QED) is 0.831. The molecule has 0 saturated heterocycles. The molecular formula is C15H16F3N3OS. The van der Waals surface area contributed by atoms with Gasteiger partial charge in [-0.05, 0) is 38.5 Å². The minimum atomic E-state index is -1.53. The van der Waals surface area contributed by atoms with Gasteiger partial charge >= 0.3 is 6.03 Å². The molecule has 1 aromatic carbocycles. The van der Waals surface area contributed by atoms with E-state index in [1.54, 1.807) is 6.92 Å². The molecule has 0 fully saturated rings. The third kappa shape index (κ3) is 4.22. The molecule has 0 saturated carbocycles. The largest absolute Gasteiger partial charge is 0.332 e. The molecule has 0 bridgehead atoms. The van der Waals surface area contributed by atoms with Gasteiger partial charge in [0.2, 0.25) is 0 Å². The lowest BCUT2D eigenvalue weighted by atomic mass is 10.1. The topological polar surface area (TPSA) is 54.0 Å². The highest BCUT2D eigenvalue weighted by atomic mass is 32.1. The number of carbonyl (C=O) groups is 1. The Kier molecular flexibility index (Phi) is 5.25. The Morgan fingerprint density at radius 1 is 1.26 bits per heavy atom. The molecule has 1 heterocycles. The lowest BCUT2D eigenvalue weighted by Gasteiger charge is -2.15. The molecule has 0 aliphatic rings. The number of thiazole rings is 1. The van der Waals surface area contributed by atoms with Crippen LogP contribution in [-0.2, 0) is 6.54 Å². The van der Waals surface area contributed by atoms with Crippen LogP contribution in [-0.4, -0.2) is 11.0 Å². The van der Waals surface area contributed by atoms with Gasteiger partial charge in [-0.25, -0.2) is 22.9 Å². The van der Waals surface area contributed by atoms with Crippen LogP contribution in [0.3, 0.4) is 0 Å². The predicted octanol–water partition coefficient (Wildman–Crippen LogP) is 3.74. The van der Waals surface area contributed by atoms with Crippen LogP contribution < -0.4 is 10.6 Å². The number of amides is 2. The number of urea groups is 1. The molecule has 2 rings (SSSR count). The Hall–Kier alpha value is -2.09. The van der Waals surface area contributed by atoms with Crippen LogP contribution in [0.25, 0.3) is 0 Å². The Balaban J connectivity index is 1.94. The Labute approximate surface area is 135 Å². The van der Waals surface area contributed by atoms with Gasteiger partial charge in [0.1, 0.15) is 5.01 Å². The van der Waals surface area contributed by atoms with E-state index in [0.29, 0.717) is 0 Å². The zero-order valence-electron chi connectivity index (χ0n) is 12.8. The monoisotopic (exact) mass is 343 g/mol. The second kappa shape index (κ2) is 6.99. The first kappa shape index (κ1) is 17.3. The number of rotatable bonds is 4. The smallest absolute Gasteiger partial charge is 0.315 e. The van der Waals surface area contributed by atoms with Crippen molar-refractivity contribution in [3.05, 3.63) is 50.7 Å². The van der Waals surface area contributed by atoms with E-state index < -0.39 is 29.5 Å². The SMILES string of the molecule is Cc1nc(CNC(=O)N[C@@H](C)c2cc(F)c(F)c(F)c2)sc1C. The number of benzene rings is 1. The van der Waals surface area contributed by atoms with Crippen LogP contribution in [0, 0.1) is 31.3 Å². The molecule has 0 radical (unpaired) electrons. The molecular weight excluding hydrogens is 327 g/mol. The summed E-state index contributed by atoms with van der Waals surface area (Å²) in [5.41, 5.74) is 1.05. The van der Waals surface area contributed by atoms with E-state index >= 15 is 0 Å². The fourth-order valence-corrected chi connectivity index (χ4v) is 2.80. The van der Waals surface area contributed by atoms with E-state index in [1.165, 1.54) is 11.3 Å². The number of hydrogen-bond acceptors (Lipinski definition) is 3. The van der Waals surface area contributed by atoms with Gasteiger partial charge in [0.05, 0.1) is 18.3 Å². The Morgan fingerprint density at radius 3 is 2.39 bits per heavy atom. The summed E-state index contributed by atoms with van der Waals surface area (Å²) >= 11 is 1.48. The first-order valence-electron chi connectivity index (χ1n) is 6.89. The van der Waals surface area contributed by atoms with Gasteiger partial charge in [-0.3, -0.25) is 0 Å². The van der Waals surface area contributed by atoms with Crippen molar-refractivity contribution < 1.29 is 18.0 Å². The molecule has 1 aromatic heterocycles. The van der Waals surface area contributed by atoms with Crippen molar-refractivity contribution in [2.75, 3.05) is 0 Å². The van der Waals surface area contributed by atoms with Gasteiger partial charge < -0.3 is 10.6 Å². The molecule has 1 atom stereocenters. The zero-order chi connectivity index (χ0) is 17.1. The Morgan fingerprint density at radius 2 is 1.87 bits per heavy atom. The lowest BCUT2D eigenvalue weighted by Crippen LogP contribution is -2.36. The number of nitrogens with zero attached hydrogens (tertiary/aromatic N) is 1. The average Bonchev–Trinajstić information content (AvgIpc) is 2.80. The molecule has 0 unspecified atom stereocenters. The zero-order valence-corrected chi connectivity index (χ0v) is 13.7. The summed E-state index contributed by atoms with van der Waals surface area (Å²) in [7, 11) is 0.